The maximum atomic E-state index is 13.0. The molecule has 0 aliphatic carbocycles. The number of aromatic nitrogens is 2. The second-order valence-electron chi connectivity index (χ2n) is 10.3. The fourth-order valence-electron chi connectivity index (χ4n) is 4.90. The van der Waals surface area contributed by atoms with Crippen molar-refractivity contribution in [3.63, 3.8) is 0 Å². The monoisotopic (exact) mass is 557 g/mol. The van der Waals surface area contributed by atoms with E-state index in [1.54, 1.807) is 22.6 Å². The zero-order valence-corrected chi connectivity index (χ0v) is 23.8. The first-order valence-electron chi connectivity index (χ1n) is 13.5. The lowest BCUT2D eigenvalue weighted by Crippen LogP contribution is -2.48. The number of hydrogen-bond donors (Lipinski definition) is 1. The van der Waals surface area contributed by atoms with Gasteiger partial charge in [-0.15, -0.1) is 0 Å². The van der Waals surface area contributed by atoms with Crippen molar-refractivity contribution >= 4 is 15.9 Å². The lowest BCUT2D eigenvalue weighted by molar-refractivity contribution is 0.0951. The van der Waals surface area contributed by atoms with Gasteiger partial charge in [0, 0.05) is 63.8 Å². The Morgan fingerprint density at radius 2 is 1.55 bits per heavy atom. The topological polar surface area (TPSA) is 87.5 Å². The summed E-state index contributed by atoms with van der Waals surface area (Å²) >= 11 is 0. The standard InChI is InChI=1S/C31H35N5O3S/c1-24-6-12-30(13-7-24)40(38,39)36-18-16-34(17-19-36)22-26-8-10-29(11-9-26)31(37)33-21-27-4-3-5-28(20-27)23-35-15-14-32-25(35)2/h3-15,20H,16-19,21-23H2,1-2H3,(H,33,37). The number of amides is 1. The van der Waals surface area contributed by atoms with E-state index in [9.17, 15) is 13.2 Å². The minimum absolute atomic E-state index is 0.114. The predicted octanol–water partition coefficient (Wildman–Crippen LogP) is 3.98. The van der Waals surface area contributed by atoms with Gasteiger partial charge >= 0.3 is 0 Å². The molecule has 1 fully saturated rings. The largest absolute Gasteiger partial charge is 0.348 e. The third kappa shape index (κ3) is 6.67. The number of aryl methyl sites for hydroxylation is 2. The van der Waals surface area contributed by atoms with Gasteiger partial charge in [-0.05, 0) is 54.8 Å². The Morgan fingerprint density at radius 3 is 2.23 bits per heavy atom. The highest BCUT2D eigenvalue weighted by molar-refractivity contribution is 7.89. The molecule has 40 heavy (non-hydrogen) atoms. The summed E-state index contributed by atoms with van der Waals surface area (Å²) in [5.41, 5.74) is 4.95. The van der Waals surface area contributed by atoms with Crippen LogP contribution in [0, 0.1) is 13.8 Å². The smallest absolute Gasteiger partial charge is 0.251 e. The molecule has 4 aromatic rings. The zero-order chi connectivity index (χ0) is 28.1. The van der Waals surface area contributed by atoms with E-state index in [1.165, 1.54) is 0 Å². The van der Waals surface area contributed by atoms with Crippen molar-refractivity contribution < 1.29 is 13.2 Å². The molecule has 0 saturated carbocycles. The second-order valence-corrected chi connectivity index (χ2v) is 12.2. The molecule has 0 radical (unpaired) electrons. The Morgan fingerprint density at radius 1 is 0.850 bits per heavy atom. The summed E-state index contributed by atoms with van der Waals surface area (Å²) < 4.78 is 29.6. The van der Waals surface area contributed by atoms with Crippen LogP contribution in [-0.2, 0) is 29.7 Å². The van der Waals surface area contributed by atoms with Gasteiger partial charge in [0.2, 0.25) is 10.0 Å². The van der Waals surface area contributed by atoms with Gasteiger partial charge in [-0.1, -0.05) is 54.1 Å². The summed E-state index contributed by atoms with van der Waals surface area (Å²) in [6, 6.07) is 22.9. The summed E-state index contributed by atoms with van der Waals surface area (Å²) in [6.45, 7) is 8.07. The van der Waals surface area contributed by atoms with E-state index in [-0.39, 0.29) is 5.91 Å². The summed E-state index contributed by atoms with van der Waals surface area (Å²) in [5, 5.41) is 3.02. The van der Waals surface area contributed by atoms with Crippen molar-refractivity contribution in [1.82, 2.24) is 24.1 Å². The molecule has 8 nitrogen and oxygen atoms in total. The average Bonchev–Trinajstić information content (AvgIpc) is 3.36. The summed E-state index contributed by atoms with van der Waals surface area (Å²) in [5.74, 6) is 0.854. The first-order chi connectivity index (χ1) is 19.3. The molecular formula is C31H35N5O3S. The van der Waals surface area contributed by atoms with Crippen LogP contribution in [0.1, 0.15) is 38.4 Å². The number of carbonyl (C=O) groups is 1. The SMILES string of the molecule is Cc1ccc(S(=O)(=O)N2CCN(Cc3ccc(C(=O)NCc4cccc(Cn5ccnc5C)c4)cc3)CC2)cc1. The highest BCUT2D eigenvalue weighted by Crippen LogP contribution is 2.19. The van der Waals surface area contributed by atoms with Crippen molar-refractivity contribution in [2.75, 3.05) is 26.2 Å². The Labute approximate surface area is 236 Å². The third-order valence-electron chi connectivity index (χ3n) is 7.33. The van der Waals surface area contributed by atoms with Gasteiger partial charge in [0.05, 0.1) is 4.90 Å². The third-order valence-corrected chi connectivity index (χ3v) is 9.25. The average molecular weight is 558 g/mol. The van der Waals surface area contributed by atoms with Gasteiger partial charge in [-0.25, -0.2) is 13.4 Å². The number of nitrogens with one attached hydrogen (secondary N) is 1. The van der Waals surface area contributed by atoms with Crippen LogP contribution < -0.4 is 5.32 Å². The van der Waals surface area contributed by atoms with Gasteiger partial charge in [-0.2, -0.15) is 4.31 Å². The molecule has 208 valence electrons. The minimum Gasteiger partial charge on any atom is -0.348 e. The van der Waals surface area contributed by atoms with Crippen LogP contribution in [0.5, 0.6) is 0 Å². The summed E-state index contributed by atoms with van der Waals surface area (Å²) in [4.78, 5) is 19.6. The first kappa shape index (κ1) is 27.8. The number of carbonyl (C=O) groups excluding carboxylic acids is 1. The number of imidazole rings is 1. The molecule has 3 aromatic carbocycles. The number of benzene rings is 3. The van der Waals surface area contributed by atoms with E-state index in [2.05, 4.69) is 31.9 Å². The lowest BCUT2D eigenvalue weighted by Gasteiger charge is -2.34. The number of rotatable bonds is 9. The Hall–Kier alpha value is -3.79. The van der Waals surface area contributed by atoms with E-state index < -0.39 is 10.0 Å². The van der Waals surface area contributed by atoms with Gasteiger partial charge in [-0.3, -0.25) is 9.69 Å². The van der Waals surface area contributed by atoms with Crippen LogP contribution in [-0.4, -0.2) is 59.3 Å². The van der Waals surface area contributed by atoms with E-state index in [1.807, 2.05) is 68.6 Å². The summed E-state index contributed by atoms with van der Waals surface area (Å²) in [6.07, 6.45) is 3.76. The van der Waals surface area contributed by atoms with Crippen molar-refractivity contribution in [1.29, 1.82) is 0 Å². The lowest BCUT2D eigenvalue weighted by atomic mass is 10.1. The van der Waals surface area contributed by atoms with Gasteiger partial charge in [0.15, 0.2) is 0 Å². The normalized spacial score (nSPS) is 14.8. The second kappa shape index (κ2) is 12.2. The maximum Gasteiger partial charge on any atom is 0.251 e. The fraction of sp³-hybridized carbons (Fsp3) is 0.290. The van der Waals surface area contributed by atoms with Crippen LogP contribution in [0.15, 0.2) is 90.1 Å². The van der Waals surface area contributed by atoms with Crippen LogP contribution in [0.2, 0.25) is 0 Å². The molecule has 1 N–H and O–H groups in total. The molecule has 0 bridgehead atoms. The number of nitrogens with zero attached hydrogens (tertiary/aromatic N) is 4. The Bertz CT molecular complexity index is 1560. The van der Waals surface area contributed by atoms with E-state index in [0.717, 1.165) is 34.6 Å². The van der Waals surface area contributed by atoms with Crippen molar-refractivity contribution in [3.8, 4) is 0 Å². The maximum absolute atomic E-state index is 13.0. The predicted molar refractivity (Wildman–Crippen MR) is 155 cm³/mol. The molecule has 9 heteroatoms. The zero-order valence-electron chi connectivity index (χ0n) is 23.0. The van der Waals surface area contributed by atoms with Gasteiger partial charge in [0.25, 0.3) is 5.91 Å². The summed E-state index contributed by atoms with van der Waals surface area (Å²) in [7, 11) is -3.47. The van der Waals surface area contributed by atoms with Crippen LogP contribution in [0.3, 0.4) is 0 Å². The Kier molecular flexibility index (Phi) is 8.44. The van der Waals surface area contributed by atoms with Gasteiger partial charge < -0.3 is 9.88 Å². The molecule has 1 aliphatic heterocycles. The molecule has 1 saturated heterocycles. The van der Waals surface area contributed by atoms with Crippen molar-refractivity contribution in [2.45, 2.75) is 38.4 Å². The number of hydrogen-bond acceptors (Lipinski definition) is 5. The van der Waals surface area contributed by atoms with Gasteiger partial charge in [0.1, 0.15) is 5.82 Å². The molecule has 2 heterocycles. The molecule has 1 aliphatic rings. The van der Waals surface area contributed by atoms with E-state index in [4.69, 9.17) is 0 Å². The van der Waals surface area contributed by atoms with E-state index in [0.29, 0.717) is 49.7 Å². The highest BCUT2D eigenvalue weighted by atomic mass is 32.2. The quantitative estimate of drug-likeness (QED) is 0.336. The number of sulfonamides is 1. The van der Waals surface area contributed by atoms with Crippen molar-refractivity contribution in [2.24, 2.45) is 0 Å². The van der Waals surface area contributed by atoms with Crippen LogP contribution in [0.4, 0.5) is 0 Å². The fourth-order valence-corrected chi connectivity index (χ4v) is 6.32. The highest BCUT2D eigenvalue weighted by Gasteiger charge is 2.28. The molecule has 5 rings (SSSR count). The molecule has 1 amide bonds. The van der Waals surface area contributed by atoms with E-state index >= 15 is 0 Å². The molecular weight excluding hydrogens is 522 g/mol. The number of piperazine rings is 1. The molecule has 0 spiro atoms. The molecule has 1 aromatic heterocycles. The molecule has 0 atom stereocenters. The minimum atomic E-state index is -3.47. The van der Waals surface area contributed by atoms with Crippen molar-refractivity contribution in [3.05, 3.63) is 119 Å². The Balaban J connectivity index is 1.10. The van der Waals surface area contributed by atoms with Crippen LogP contribution >= 0.6 is 0 Å². The molecule has 0 unspecified atom stereocenters. The van der Waals surface area contributed by atoms with Crippen LogP contribution in [0.25, 0.3) is 0 Å². The first-order valence-corrected chi connectivity index (χ1v) is 14.9.